The Labute approximate surface area is 155 Å². The SMILES string of the molecule is CC=C(C)C(=O)O.OCCOCCOCCOCCOCCOCCO. The molecule has 0 atom stereocenters. The van der Waals surface area contributed by atoms with Crippen molar-refractivity contribution in [3.8, 4) is 0 Å². The van der Waals surface area contributed by atoms with Gasteiger partial charge in [0.2, 0.25) is 0 Å². The monoisotopic (exact) mass is 382 g/mol. The van der Waals surface area contributed by atoms with Crippen molar-refractivity contribution in [3.63, 3.8) is 0 Å². The van der Waals surface area contributed by atoms with Gasteiger partial charge in [-0.1, -0.05) is 6.08 Å². The zero-order chi connectivity index (χ0) is 19.9. The van der Waals surface area contributed by atoms with Crippen LogP contribution in [0.4, 0.5) is 0 Å². The summed E-state index contributed by atoms with van der Waals surface area (Å²) in [6, 6.07) is 0. The molecule has 0 aliphatic heterocycles. The Balaban J connectivity index is 0. The Bertz CT molecular complexity index is 305. The van der Waals surface area contributed by atoms with Crippen LogP contribution in [0.25, 0.3) is 0 Å². The molecule has 0 saturated carbocycles. The van der Waals surface area contributed by atoms with Crippen molar-refractivity contribution < 1.29 is 43.8 Å². The van der Waals surface area contributed by atoms with Gasteiger partial charge in [0, 0.05) is 5.57 Å². The highest BCUT2D eigenvalue weighted by atomic mass is 16.6. The topological polar surface area (TPSA) is 124 Å². The van der Waals surface area contributed by atoms with E-state index in [9.17, 15) is 4.79 Å². The van der Waals surface area contributed by atoms with Crippen molar-refractivity contribution in [2.24, 2.45) is 0 Å². The molecule has 0 unspecified atom stereocenters. The summed E-state index contributed by atoms with van der Waals surface area (Å²) in [6.45, 7) is 8.06. The normalized spacial score (nSPS) is 11.2. The van der Waals surface area contributed by atoms with Crippen LogP contribution < -0.4 is 0 Å². The summed E-state index contributed by atoms with van der Waals surface area (Å²) in [6.07, 6.45) is 1.56. The second kappa shape index (κ2) is 23.9. The Hall–Kier alpha value is -1.07. The van der Waals surface area contributed by atoms with E-state index in [2.05, 4.69) is 0 Å². The van der Waals surface area contributed by atoms with E-state index >= 15 is 0 Å². The second-order valence-electron chi connectivity index (χ2n) is 4.79. The average Bonchev–Trinajstić information content (AvgIpc) is 2.64. The van der Waals surface area contributed by atoms with Gasteiger partial charge >= 0.3 is 5.97 Å². The standard InChI is InChI=1S/C12H26O7.C5H8O2/c13-1-3-15-5-7-17-9-11-19-12-10-18-8-6-16-4-2-14;1-3-4(2)5(6)7/h13-14H,1-12H2;3H,1-2H3,(H,6,7). The van der Waals surface area contributed by atoms with Gasteiger partial charge in [-0.3, -0.25) is 0 Å². The molecule has 156 valence electrons. The first-order valence-electron chi connectivity index (χ1n) is 8.56. The summed E-state index contributed by atoms with van der Waals surface area (Å²) in [5.74, 6) is -0.845. The van der Waals surface area contributed by atoms with E-state index in [4.69, 9.17) is 39.0 Å². The molecule has 3 N–H and O–H groups in total. The molecule has 9 heteroatoms. The van der Waals surface area contributed by atoms with Crippen LogP contribution in [-0.2, 0) is 28.5 Å². The number of rotatable bonds is 17. The van der Waals surface area contributed by atoms with Gasteiger partial charge in [0.25, 0.3) is 0 Å². The lowest BCUT2D eigenvalue weighted by molar-refractivity contribution is -0.132. The lowest BCUT2D eigenvalue weighted by atomic mass is 10.3. The molecule has 9 nitrogen and oxygen atoms in total. The Morgan fingerprint density at radius 3 is 1.12 bits per heavy atom. The summed E-state index contributed by atoms with van der Waals surface area (Å²) in [5, 5.41) is 25.0. The van der Waals surface area contributed by atoms with E-state index in [-0.39, 0.29) is 13.2 Å². The molecule has 0 saturated heterocycles. The first-order valence-corrected chi connectivity index (χ1v) is 8.56. The molecule has 0 spiro atoms. The average molecular weight is 382 g/mol. The van der Waals surface area contributed by atoms with Gasteiger partial charge in [-0.25, -0.2) is 4.79 Å². The number of aliphatic carboxylic acids is 1. The Morgan fingerprint density at radius 1 is 0.692 bits per heavy atom. The van der Waals surface area contributed by atoms with E-state index in [1.54, 1.807) is 19.9 Å². The summed E-state index contributed by atoms with van der Waals surface area (Å²) in [4.78, 5) is 9.86. The number of allylic oxidation sites excluding steroid dienone is 1. The molecule has 0 fully saturated rings. The van der Waals surface area contributed by atoms with Crippen LogP contribution in [0.2, 0.25) is 0 Å². The van der Waals surface area contributed by atoms with E-state index in [1.807, 2.05) is 0 Å². The number of ether oxygens (including phenoxy) is 5. The molecule has 0 aromatic heterocycles. The lowest BCUT2D eigenvalue weighted by Gasteiger charge is -2.07. The summed E-state index contributed by atoms with van der Waals surface area (Å²) in [5.41, 5.74) is 0.389. The molecule has 0 aliphatic carbocycles. The van der Waals surface area contributed by atoms with Gasteiger partial charge in [0.05, 0.1) is 79.3 Å². The van der Waals surface area contributed by atoms with Gasteiger partial charge in [-0.05, 0) is 13.8 Å². The molecule has 26 heavy (non-hydrogen) atoms. The van der Waals surface area contributed by atoms with Crippen molar-refractivity contribution in [1.29, 1.82) is 0 Å². The zero-order valence-corrected chi connectivity index (χ0v) is 15.9. The first-order chi connectivity index (χ1) is 12.6. The maximum absolute atomic E-state index is 9.86. The van der Waals surface area contributed by atoms with Gasteiger partial charge in [-0.2, -0.15) is 0 Å². The maximum Gasteiger partial charge on any atom is 0.330 e. The largest absolute Gasteiger partial charge is 0.478 e. The van der Waals surface area contributed by atoms with Crippen molar-refractivity contribution in [2.45, 2.75) is 13.8 Å². The number of carboxylic acids is 1. The van der Waals surface area contributed by atoms with E-state index in [0.717, 1.165) is 0 Å². The Morgan fingerprint density at radius 2 is 0.962 bits per heavy atom. The van der Waals surface area contributed by atoms with Gasteiger partial charge in [-0.15, -0.1) is 0 Å². The lowest BCUT2D eigenvalue weighted by Crippen LogP contribution is -2.14. The highest BCUT2D eigenvalue weighted by Crippen LogP contribution is 1.88. The number of aliphatic hydroxyl groups is 2. The van der Waals surface area contributed by atoms with Gasteiger partial charge in [0.15, 0.2) is 0 Å². The van der Waals surface area contributed by atoms with Crippen LogP contribution in [0.5, 0.6) is 0 Å². The fourth-order valence-electron chi connectivity index (χ4n) is 1.23. The zero-order valence-electron chi connectivity index (χ0n) is 15.9. The molecule has 0 aromatic carbocycles. The van der Waals surface area contributed by atoms with Crippen LogP contribution >= 0.6 is 0 Å². The predicted octanol–water partition coefficient (Wildman–Crippen LogP) is 0.0912. The third-order valence-electron chi connectivity index (χ3n) is 2.73. The number of hydrogen-bond donors (Lipinski definition) is 3. The summed E-state index contributed by atoms with van der Waals surface area (Å²) in [7, 11) is 0. The minimum Gasteiger partial charge on any atom is -0.478 e. The highest BCUT2D eigenvalue weighted by Gasteiger charge is 1.94. The maximum atomic E-state index is 9.86. The predicted molar refractivity (Wildman–Crippen MR) is 95.3 cm³/mol. The molecule has 0 aliphatic rings. The number of aliphatic hydroxyl groups excluding tert-OH is 2. The number of carboxylic acid groups (broad SMARTS) is 1. The van der Waals surface area contributed by atoms with E-state index < -0.39 is 5.97 Å². The minimum atomic E-state index is -0.845. The van der Waals surface area contributed by atoms with Gasteiger partial charge < -0.3 is 39.0 Å². The van der Waals surface area contributed by atoms with Crippen LogP contribution in [0, 0.1) is 0 Å². The van der Waals surface area contributed by atoms with E-state index in [0.29, 0.717) is 71.6 Å². The molecular formula is C17H34O9. The van der Waals surface area contributed by atoms with Crippen molar-refractivity contribution in [3.05, 3.63) is 11.6 Å². The minimum absolute atomic E-state index is 0.0359. The molecule has 0 bridgehead atoms. The van der Waals surface area contributed by atoms with Crippen molar-refractivity contribution >= 4 is 5.97 Å². The molecule has 0 rings (SSSR count). The third-order valence-corrected chi connectivity index (χ3v) is 2.73. The Kier molecular flexibility index (Phi) is 25.0. The first kappa shape index (κ1) is 27.2. The highest BCUT2D eigenvalue weighted by molar-refractivity contribution is 5.85. The fourth-order valence-corrected chi connectivity index (χ4v) is 1.23. The number of carbonyl (C=O) groups is 1. The summed E-state index contributed by atoms with van der Waals surface area (Å²) < 4.78 is 25.8. The van der Waals surface area contributed by atoms with Crippen LogP contribution in [0.3, 0.4) is 0 Å². The second-order valence-corrected chi connectivity index (χ2v) is 4.79. The van der Waals surface area contributed by atoms with Crippen molar-refractivity contribution in [1.82, 2.24) is 0 Å². The molecule has 0 amide bonds. The third kappa shape index (κ3) is 25.2. The number of hydrogen-bond acceptors (Lipinski definition) is 8. The fraction of sp³-hybridized carbons (Fsp3) is 0.824. The van der Waals surface area contributed by atoms with Gasteiger partial charge in [0.1, 0.15) is 0 Å². The quantitative estimate of drug-likeness (QED) is 0.237. The van der Waals surface area contributed by atoms with E-state index in [1.165, 1.54) is 0 Å². The van der Waals surface area contributed by atoms with Crippen LogP contribution in [0.1, 0.15) is 13.8 Å². The molecule has 0 aromatic rings. The molecular weight excluding hydrogens is 348 g/mol. The smallest absolute Gasteiger partial charge is 0.330 e. The van der Waals surface area contributed by atoms with Crippen molar-refractivity contribution in [2.75, 3.05) is 79.3 Å². The van der Waals surface area contributed by atoms with Crippen LogP contribution in [-0.4, -0.2) is 101 Å². The summed E-state index contributed by atoms with van der Waals surface area (Å²) >= 11 is 0. The molecule has 0 heterocycles. The molecule has 0 radical (unpaired) electrons. The van der Waals surface area contributed by atoms with Crippen LogP contribution in [0.15, 0.2) is 11.6 Å².